The predicted molar refractivity (Wildman–Crippen MR) is 513 cm³/mol. The number of nitrogens with one attached hydrogen (secondary N) is 14. The van der Waals surface area contributed by atoms with Gasteiger partial charge in [0.2, 0.25) is 94.5 Å². The van der Waals surface area contributed by atoms with Crippen molar-refractivity contribution in [2.24, 2.45) is 52.7 Å². The number of pyridine rings is 1. The maximum atomic E-state index is 15.5. The Morgan fingerprint density at radius 3 is 1.50 bits per heavy atom. The SMILES string of the molecule is Cc1cccc(C[C@@H]2NC(=O)[C@H](Cc3nn[nH]n3)NC(=O)[C@H](Cc3ccncc3)NC(=O)[C@H](Cc3ccc(OCCN)cc3)NC(=O)CSC[C@@H](C(=O)NCC(N)=O)NC(=O)[C@](C)(CO)NC(=O)[C@H](C(C)C)CC(=O)[C@H](CC(C)C)NC(=O)[C@H](CC(N)=O)NC(=O)[C@@H](CC(C)C)NC(=O)[C@H](C)N(C)C(=O)[C@H](C(C)C)NC(=O)[C@H](Cc3ccc(-c4ccccc4)cc3)NC(=O)[C@H](CC(C)C)NC2=O)c1. The van der Waals surface area contributed by atoms with E-state index >= 15 is 33.6 Å². The topological polar surface area (TPSA) is 625 Å². The van der Waals surface area contributed by atoms with Crippen LogP contribution in [0, 0.1) is 42.4 Å². The monoisotopic (exact) mass is 1930 g/mol. The van der Waals surface area contributed by atoms with Crippen LogP contribution >= 0.6 is 11.8 Å². The van der Waals surface area contributed by atoms with E-state index in [1.807, 2.05) is 42.5 Å². The highest BCUT2D eigenvalue weighted by molar-refractivity contribution is 8.00. The lowest BCUT2D eigenvalue weighted by molar-refractivity contribution is -0.143. The number of benzene rings is 4. The van der Waals surface area contributed by atoms with Gasteiger partial charge in [0.1, 0.15) is 84.4 Å². The lowest BCUT2D eigenvalue weighted by Gasteiger charge is -2.33. The molecule has 0 radical (unpaired) electrons. The molecule has 1 aliphatic rings. The molecule has 0 saturated carbocycles. The minimum Gasteiger partial charge on any atom is -0.492 e. The number of ether oxygens (including phenoxy) is 1. The summed E-state index contributed by atoms with van der Waals surface area (Å²) in [7, 11) is 1.30. The molecule has 1 saturated heterocycles. The van der Waals surface area contributed by atoms with Crippen molar-refractivity contribution in [1.29, 1.82) is 0 Å². The molecule has 6 aromatic rings. The number of carbonyl (C=O) groups excluding carboxylic acids is 17. The van der Waals surface area contributed by atoms with Crippen LogP contribution in [0.15, 0.2) is 128 Å². The second kappa shape index (κ2) is 54.3. The second-order valence-corrected chi connectivity index (χ2v) is 37.8. The van der Waals surface area contributed by atoms with Crippen LogP contribution in [-0.2, 0) is 114 Å². The Balaban J connectivity index is 1.34. The van der Waals surface area contributed by atoms with Crippen molar-refractivity contribution in [3.63, 3.8) is 0 Å². The van der Waals surface area contributed by atoms with Crippen molar-refractivity contribution in [3.05, 3.63) is 161 Å². The van der Waals surface area contributed by atoms with Gasteiger partial charge in [-0.2, -0.15) is 5.21 Å². The molecule has 1 aliphatic heterocycles. The van der Waals surface area contributed by atoms with Crippen LogP contribution in [-0.4, -0.2) is 259 Å². The highest BCUT2D eigenvalue weighted by Crippen LogP contribution is 2.25. The molecule has 1 fully saturated rings. The van der Waals surface area contributed by atoms with Gasteiger partial charge in [0.15, 0.2) is 11.6 Å². The molecule has 41 nitrogen and oxygen atoms in total. The molecule has 0 aliphatic carbocycles. The zero-order chi connectivity index (χ0) is 102. The number of aryl methyl sites for hydroxylation is 1. The van der Waals surface area contributed by atoms with Gasteiger partial charge in [-0.25, -0.2) is 0 Å². The van der Waals surface area contributed by atoms with Crippen LogP contribution in [0.2, 0.25) is 0 Å². The molecular weight excluding hydrogens is 1800 g/mol. The maximum Gasteiger partial charge on any atom is 0.248 e. The van der Waals surface area contributed by atoms with E-state index in [1.165, 1.54) is 26.4 Å². The van der Waals surface area contributed by atoms with E-state index < -0.39 is 240 Å². The number of tetrazole rings is 1. The van der Waals surface area contributed by atoms with Crippen molar-refractivity contribution in [3.8, 4) is 16.9 Å². The standard InChI is InChI=1S/C96H134N22O19S/c1-52(2)37-67-77(120)45-66(55(7)8)84(125)113-96(13,51-119)95(136)111-76(85(126)101-48-79(99)122)49-138-50-81(123)102-70(41-60-25-29-65(30-26-60)137-36-33-97)88(129)106-71(43-61-31-34-100-35-32-61)89(130)110-75(47-80-114-116-117-115-80)92(133)108-73(44-62-20-18-19-57(11)40-62)90(131)105-69(39-54(5)6)87(128)107-72(42-59-23-27-64(28-24-59)63-21-16-15-17-22-63)93(134)112-82(56(9)10)94(135)118(14)58(12)83(124)104-68(38-53(3)4)86(127)109-74(46-78(98)121)91(132)103-67/h15-32,34-35,40,52-56,58,66-76,82,119H,33,36-39,41-51,97H2,1-14H3,(H2,98,121)(H2,99,122)(H,101,126)(H,102,123)(H,103,132)(H,104,124)(H,105,131)(H,106,129)(H,107,128)(H,108,133)(H,109,127)(H,110,130)(H,111,136)(H,112,134)(H,113,125)(H,114,115,116,117)/t58-,66-,67-,68+,69-,70-,71-,72-,73-,74-,75-,76-,82-,96-/m0/s1. The molecule has 2 aromatic heterocycles. The summed E-state index contributed by atoms with van der Waals surface area (Å²) in [6.45, 7) is 19.7. The fourth-order valence-corrected chi connectivity index (χ4v) is 16.0. The van der Waals surface area contributed by atoms with Crippen molar-refractivity contribution in [2.45, 2.75) is 232 Å². The predicted octanol–water partition coefficient (Wildman–Crippen LogP) is -0.283. The zero-order valence-electron chi connectivity index (χ0n) is 80.5. The van der Waals surface area contributed by atoms with Crippen molar-refractivity contribution >= 4 is 112 Å². The normalized spacial score (nSPS) is 23.5. The van der Waals surface area contributed by atoms with Gasteiger partial charge in [0.25, 0.3) is 0 Å². The molecule has 3 heterocycles. The van der Waals surface area contributed by atoms with Crippen molar-refractivity contribution in [2.75, 3.05) is 44.9 Å². The molecule has 0 spiro atoms. The third kappa shape index (κ3) is 35.8. The summed E-state index contributed by atoms with van der Waals surface area (Å²) in [5.41, 5.74) is 18.9. The number of primary amides is 2. The number of hydrogen-bond donors (Lipinski definition) is 18. The Hall–Kier alpha value is -13.6. The zero-order valence-corrected chi connectivity index (χ0v) is 81.3. The molecule has 42 heteroatoms. The fraction of sp³-hybridized carbons (Fsp3) is 0.510. The van der Waals surface area contributed by atoms with Gasteiger partial charge in [-0.3, -0.25) is 86.5 Å². The van der Waals surface area contributed by atoms with Crippen LogP contribution in [0.25, 0.3) is 11.1 Å². The number of aromatic nitrogens is 5. The van der Waals surface area contributed by atoms with Gasteiger partial charge in [-0.15, -0.1) is 22.0 Å². The molecule has 0 bridgehead atoms. The van der Waals surface area contributed by atoms with Crippen LogP contribution in [0.4, 0.5) is 0 Å². The number of likely N-dealkylation sites (N-methyl/N-ethyl adjacent to an activating group) is 1. The van der Waals surface area contributed by atoms with Gasteiger partial charge in [0.05, 0.1) is 31.4 Å². The average Bonchev–Trinajstić information content (AvgIpc) is 1.03. The van der Waals surface area contributed by atoms with Crippen molar-refractivity contribution < 1.29 is 91.4 Å². The van der Waals surface area contributed by atoms with E-state index in [0.717, 1.165) is 40.3 Å². The van der Waals surface area contributed by atoms with E-state index in [2.05, 4.69) is 94.7 Å². The first kappa shape index (κ1) is 111. The summed E-state index contributed by atoms with van der Waals surface area (Å²) < 4.78 is 5.70. The van der Waals surface area contributed by atoms with Crippen LogP contribution in [0.3, 0.4) is 0 Å². The number of nitrogens with zero attached hydrogens (tertiary/aromatic N) is 5. The summed E-state index contributed by atoms with van der Waals surface area (Å²) in [5.74, 6) is -20.8. The number of rotatable bonds is 28. The molecule has 748 valence electrons. The maximum absolute atomic E-state index is 15.5. The molecule has 4 aromatic carbocycles. The number of nitrogens with two attached hydrogens (primary N) is 3. The number of aromatic amines is 1. The van der Waals surface area contributed by atoms with E-state index in [4.69, 9.17) is 21.9 Å². The summed E-state index contributed by atoms with van der Waals surface area (Å²) in [5, 5.41) is 59.8. The van der Waals surface area contributed by atoms with E-state index in [0.29, 0.717) is 28.0 Å². The number of carbonyl (C=O) groups is 17. The van der Waals surface area contributed by atoms with Crippen LogP contribution < -0.4 is 91.1 Å². The number of amides is 16. The Bertz CT molecular complexity index is 5150. The van der Waals surface area contributed by atoms with Gasteiger partial charge >= 0.3 is 0 Å². The average molecular weight is 1930 g/mol. The molecule has 138 heavy (non-hydrogen) atoms. The molecule has 0 unspecified atom stereocenters. The summed E-state index contributed by atoms with van der Waals surface area (Å²) >= 11 is 0.736. The smallest absolute Gasteiger partial charge is 0.248 e. The number of ketones is 1. The Morgan fingerprint density at radius 1 is 0.529 bits per heavy atom. The van der Waals surface area contributed by atoms with Gasteiger partial charge < -0.3 is 101 Å². The highest BCUT2D eigenvalue weighted by atomic mass is 32.2. The molecule has 16 amide bonds. The highest BCUT2D eigenvalue weighted by Gasteiger charge is 2.44. The number of thioether (sulfide) groups is 1. The lowest BCUT2D eigenvalue weighted by atomic mass is 9.85. The largest absolute Gasteiger partial charge is 0.492 e. The Morgan fingerprint density at radius 2 is 1.00 bits per heavy atom. The van der Waals surface area contributed by atoms with Gasteiger partial charge in [0, 0.05) is 76.2 Å². The second-order valence-electron chi connectivity index (χ2n) is 36.8. The number of Topliss-reactive ketones (excluding diaryl/α,β-unsaturated/α-hetero) is 1. The first-order valence-corrected chi connectivity index (χ1v) is 47.2. The number of aliphatic hydroxyl groups excluding tert-OH is 1. The minimum atomic E-state index is -2.31. The first-order chi connectivity index (χ1) is 65.3. The number of H-pyrrole nitrogens is 1. The van der Waals surface area contributed by atoms with Crippen molar-refractivity contribution in [1.82, 2.24) is 99.6 Å². The first-order valence-electron chi connectivity index (χ1n) is 46.1. The fourth-order valence-electron chi connectivity index (χ4n) is 15.1. The van der Waals surface area contributed by atoms with E-state index in [-0.39, 0.29) is 81.7 Å². The quantitative estimate of drug-likeness (QED) is 0.0300. The van der Waals surface area contributed by atoms with E-state index in [1.54, 1.807) is 149 Å². The Labute approximate surface area is 806 Å². The number of aliphatic hydroxyl groups is 1. The summed E-state index contributed by atoms with van der Waals surface area (Å²) in [6, 6.07) is 14.5. The minimum absolute atomic E-state index is 0.0671. The molecular formula is C96H134N22O19S. The third-order valence-electron chi connectivity index (χ3n) is 22.9. The van der Waals surface area contributed by atoms with Crippen LogP contribution in [0.1, 0.15) is 149 Å². The summed E-state index contributed by atoms with van der Waals surface area (Å²) in [4.78, 5) is 254. The summed E-state index contributed by atoms with van der Waals surface area (Å²) in [6.07, 6.45) is -0.313. The van der Waals surface area contributed by atoms with Gasteiger partial charge in [-0.1, -0.05) is 171 Å². The Kier molecular flexibility index (Phi) is 43.9. The molecule has 7 rings (SSSR count). The van der Waals surface area contributed by atoms with Gasteiger partial charge in [-0.05, 0) is 127 Å². The van der Waals surface area contributed by atoms with E-state index in [9.17, 15) is 53.1 Å². The third-order valence-corrected chi connectivity index (χ3v) is 24.0. The molecule has 21 N–H and O–H groups in total. The number of hydrogen-bond acceptors (Lipinski definition) is 25. The lowest BCUT2D eigenvalue weighted by Crippen LogP contribution is -2.64. The molecule has 14 atom stereocenters. The van der Waals surface area contributed by atoms with Crippen LogP contribution in [0.5, 0.6) is 5.75 Å².